The number of carbonyl (C=O) groups is 1. The van der Waals surface area contributed by atoms with Crippen molar-refractivity contribution in [1.82, 2.24) is 10.2 Å². The van der Waals surface area contributed by atoms with Gasteiger partial charge < -0.3 is 4.74 Å². The molecule has 0 aliphatic heterocycles. The Morgan fingerprint density at radius 1 is 1.62 bits per heavy atom. The van der Waals surface area contributed by atoms with Gasteiger partial charge in [0.25, 0.3) is 0 Å². The summed E-state index contributed by atoms with van der Waals surface area (Å²) < 4.78 is 4.39. The van der Waals surface area contributed by atoms with Gasteiger partial charge in [0, 0.05) is 4.91 Å². The number of hydrogen-bond donors (Lipinski definition) is 0. The summed E-state index contributed by atoms with van der Waals surface area (Å²) in [5, 5.41) is 10.1. The van der Waals surface area contributed by atoms with E-state index in [2.05, 4.69) is 25.0 Å². The van der Waals surface area contributed by atoms with Crippen LogP contribution in [0.4, 0.5) is 5.82 Å². The highest BCUT2D eigenvalue weighted by Crippen LogP contribution is 2.06. The van der Waals surface area contributed by atoms with Crippen molar-refractivity contribution in [2.45, 2.75) is 0 Å². The van der Waals surface area contributed by atoms with Crippen LogP contribution in [0.2, 0.25) is 0 Å². The van der Waals surface area contributed by atoms with E-state index in [9.17, 15) is 4.79 Å². The minimum atomic E-state index is -0.583. The van der Waals surface area contributed by atoms with Gasteiger partial charge in [-0.2, -0.15) is 0 Å². The normalized spacial score (nSPS) is 8.69. The van der Waals surface area contributed by atoms with Gasteiger partial charge in [0.05, 0.1) is 7.11 Å². The minimum absolute atomic E-state index is 0.0689. The Balaban J connectivity index is 2.93. The maximum atomic E-state index is 10.9. The summed E-state index contributed by atoms with van der Waals surface area (Å²) >= 11 is 0. The highest BCUT2D eigenvalue weighted by Gasteiger charge is 2.06. The second-order valence-electron chi connectivity index (χ2n) is 1.96. The molecule has 0 bridgehead atoms. The van der Waals surface area contributed by atoms with Crippen LogP contribution in [-0.2, 0) is 4.74 Å². The summed E-state index contributed by atoms with van der Waals surface area (Å²) in [5.41, 5.74) is 8.11. The van der Waals surface area contributed by atoms with Crippen LogP contribution in [0.25, 0.3) is 10.4 Å². The fourth-order valence-corrected chi connectivity index (χ4v) is 0.638. The minimum Gasteiger partial charge on any atom is -0.464 e. The van der Waals surface area contributed by atoms with E-state index < -0.39 is 5.97 Å². The van der Waals surface area contributed by atoms with E-state index in [1.807, 2.05) is 0 Å². The van der Waals surface area contributed by atoms with Crippen molar-refractivity contribution in [1.29, 1.82) is 0 Å². The SMILES string of the molecule is COC(=O)c1ccc(N=[N+]=[N-])nn1. The van der Waals surface area contributed by atoms with Gasteiger partial charge in [0.2, 0.25) is 0 Å². The van der Waals surface area contributed by atoms with Gasteiger partial charge in [-0.3, -0.25) is 0 Å². The molecule has 1 rings (SSSR count). The van der Waals surface area contributed by atoms with E-state index in [1.54, 1.807) is 0 Å². The van der Waals surface area contributed by atoms with Crippen molar-refractivity contribution in [3.8, 4) is 0 Å². The van der Waals surface area contributed by atoms with Crippen molar-refractivity contribution >= 4 is 11.8 Å². The van der Waals surface area contributed by atoms with Crippen molar-refractivity contribution in [3.63, 3.8) is 0 Å². The number of rotatable bonds is 2. The summed E-state index contributed by atoms with van der Waals surface area (Å²) in [4.78, 5) is 13.4. The molecule has 0 amide bonds. The number of methoxy groups -OCH3 is 1. The fraction of sp³-hybridized carbons (Fsp3) is 0.167. The zero-order valence-corrected chi connectivity index (χ0v) is 6.71. The number of nitrogens with zero attached hydrogens (tertiary/aromatic N) is 5. The number of carbonyl (C=O) groups excluding carboxylic acids is 1. The van der Waals surface area contributed by atoms with Crippen molar-refractivity contribution in [2.75, 3.05) is 7.11 Å². The first-order chi connectivity index (χ1) is 6.27. The molecule has 0 aliphatic rings. The van der Waals surface area contributed by atoms with Crippen molar-refractivity contribution < 1.29 is 9.53 Å². The molecule has 0 atom stereocenters. The molecular formula is C6H5N5O2. The molecule has 7 heteroatoms. The highest BCUT2D eigenvalue weighted by molar-refractivity contribution is 5.86. The molecule has 66 valence electrons. The summed E-state index contributed by atoms with van der Waals surface area (Å²) in [5.74, 6) is -0.477. The molecule has 0 unspecified atom stereocenters. The second-order valence-corrected chi connectivity index (χ2v) is 1.96. The largest absolute Gasteiger partial charge is 0.464 e. The summed E-state index contributed by atoms with van der Waals surface area (Å²) in [6, 6.07) is 2.74. The van der Waals surface area contributed by atoms with E-state index >= 15 is 0 Å². The Morgan fingerprint density at radius 2 is 2.38 bits per heavy atom. The average molecular weight is 179 g/mol. The zero-order valence-electron chi connectivity index (χ0n) is 6.71. The summed E-state index contributed by atoms with van der Waals surface area (Å²) in [6.45, 7) is 0. The Bertz CT molecular complexity index is 354. The molecule has 0 fully saturated rings. The maximum Gasteiger partial charge on any atom is 0.358 e. The first-order valence-electron chi connectivity index (χ1n) is 3.25. The lowest BCUT2D eigenvalue weighted by Crippen LogP contribution is -2.04. The molecule has 0 N–H and O–H groups in total. The molecule has 0 aliphatic carbocycles. The van der Waals surface area contributed by atoms with Gasteiger partial charge in [0.15, 0.2) is 5.69 Å². The van der Waals surface area contributed by atoms with E-state index in [0.29, 0.717) is 0 Å². The van der Waals surface area contributed by atoms with Crippen molar-refractivity contribution in [2.24, 2.45) is 5.11 Å². The molecule has 0 radical (unpaired) electrons. The Morgan fingerprint density at radius 3 is 2.85 bits per heavy atom. The van der Waals surface area contributed by atoms with Crippen LogP contribution in [0.5, 0.6) is 0 Å². The number of ether oxygens (including phenoxy) is 1. The molecular weight excluding hydrogens is 174 g/mol. The lowest BCUT2D eigenvalue weighted by molar-refractivity contribution is 0.0593. The van der Waals surface area contributed by atoms with Gasteiger partial charge in [-0.25, -0.2) is 4.79 Å². The van der Waals surface area contributed by atoms with Crippen LogP contribution in [0.3, 0.4) is 0 Å². The highest BCUT2D eigenvalue weighted by atomic mass is 16.5. The molecule has 7 nitrogen and oxygen atoms in total. The number of esters is 1. The van der Waals surface area contributed by atoms with Gasteiger partial charge >= 0.3 is 5.97 Å². The Labute approximate surface area is 73.0 Å². The molecule has 1 aromatic rings. The molecule has 1 heterocycles. The first kappa shape index (κ1) is 8.95. The Hall–Kier alpha value is -2.14. The van der Waals surface area contributed by atoms with Crippen LogP contribution in [0.15, 0.2) is 17.2 Å². The van der Waals surface area contributed by atoms with E-state index in [4.69, 9.17) is 5.53 Å². The molecule has 0 saturated carbocycles. The van der Waals surface area contributed by atoms with Crippen LogP contribution in [0, 0.1) is 0 Å². The third-order valence-corrected chi connectivity index (χ3v) is 1.19. The third-order valence-electron chi connectivity index (χ3n) is 1.19. The van der Waals surface area contributed by atoms with Crippen LogP contribution >= 0.6 is 0 Å². The quantitative estimate of drug-likeness (QED) is 0.294. The van der Waals surface area contributed by atoms with Crippen LogP contribution in [-0.4, -0.2) is 23.3 Å². The predicted molar refractivity (Wildman–Crippen MR) is 42.2 cm³/mol. The number of azide groups is 1. The fourth-order valence-electron chi connectivity index (χ4n) is 0.638. The lowest BCUT2D eigenvalue weighted by Gasteiger charge is -1.95. The summed E-state index contributed by atoms with van der Waals surface area (Å²) in [6.07, 6.45) is 0. The van der Waals surface area contributed by atoms with E-state index in [1.165, 1.54) is 19.2 Å². The maximum absolute atomic E-state index is 10.9. The smallest absolute Gasteiger partial charge is 0.358 e. The molecule has 1 aromatic heterocycles. The zero-order chi connectivity index (χ0) is 9.68. The third kappa shape index (κ3) is 2.14. The second kappa shape index (κ2) is 4.03. The Kier molecular flexibility index (Phi) is 2.77. The molecule has 0 spiro atoms. The standard InChI is InChI=1S/C6H5N5O2/c1-13-6(12)4-2-3-5(9-8-4)10-11-7/h2-3H,1H3. The number of hydrogen-bond acceptors (Lipinski definition) is 5. The van der Waals surface area contributed by atoms with E-state index in [-0.39, 0.29) is 11.5 Å². The monoisotopic (exact) mass is 179 g/mol. The molecule has 13 heavy (non-hydrogen) atoms. The van der Waals surface area contributed by atoms with Gasteiger partial charge in [0.1, 0.15) is 5.82 Å². The van der Waals surface area contributed by atoms with Crippen LogP contribution < -0.4 is 0 Å². The topological polar surface area (TPSA) is 101 Å². The van der Waals surface area contributed by atoms with Crippen LogP contribution in [0.1, 0.15) is 10.5 Å². The first-order valence-corrected chi connectivity index (χ1v) is 3.25. The predicted octanol–water partition coefficient (Wildman–Crippen LogP) is 1.20. The lowest BCUT2D eigenvalue weighted by atomic mass is 10.4. The van der Waals surface area contributed by atoms with Crippen molar-refractivity contribution in [3.05, 3.63) is 28.3 Å². The van der Waals surface area contributed by atoms with Gasteiger partial charge in [-0.05, 0) is 22.8 Å². The van der Waals surface area contributed by atoms with E-state index in [0.717, 1.165) is 0 Å². The molecule has 0 aromatic carbocycles. The van der Waals surface area contributed by atoms with Gasteiger partial charge in [-0.15, -0.1) is 10.2 Å². The number of aromatic nitrogens is 2. The van der Waals surface area contributed by atoms with Gasteiger partial charge in [-0.1, -0.05) is 0 Å². The average Bonchev–Trinajstić information content (AvgIpc) is 2.18. The molecule has 0 saturated heterocycles. The summed E-state index contributed by atoms with van der Waals surface area (Å²) in [7, 11) is 1.24.